The number of thiophene rings is 1. The number of carbonyl (C=O) groups excluding carboxylic acids is 2. The van der Waals surface area contributed by atoms with Gasteiger partial charge in [-0.05, 0) is 12.1 Å². The first-order valence-electron chi connectivity index (χ1n) is 10.2. The number of benzene rings is 1. The van der Waals surface area contributed by atoms with Crippen molar-refractivity contribution in [1.29, 1.82) is 0 Å². The molecule has 33 heavy (non-hydrogen) atoms. The third kappa shape index (κ3) is 5.66. The minimum absolute atomic E-state index is 0.0675. The van der Waals surface area contributed by atoms with Crippen molar-refractivity contribution in [3.63, 3.8) is 0 Å². The fourth-order valence-electron chi connectivity index (χ4n) is 3.13. The van der Waals surface area contributed by atoms with E-state index >= 15 is 0 Å². The summed E-state index contributed by atoms with van der Waals surface area (Å²) in [6.45, 7) is 1.30. The monoisotopic (exact) mass is 490 g/mol. The summed E-state index contributed by atoms with van der Waals surface area (Å²) in [4.78, 5) is 25.1. The van der Waals surface area contributed by atoms with Crippen molar-refractivity contribution in [2.45, 2.75) is 10.8 Å². The van der Waals surface area contributed by atoms with Crippen LogP contribution in [-0.4, -0.2) is 62.5 Å². The van der Waals surface area contributed by atoms with Gasteiger partial charge in [0.2, 0.25) is 5.91 Å². The van der Waals surface area contributed by atoms with Gasteiger partial charge in [0.15, 0.2) is 11.5 Å². The fraction of sp³-hybridized carbons (Fsp3) is 0.286. The number of aromatic nitrogens is 1. The quantitative estimate of drug-likeness (QED) is 0.489. The summed E-state index contributed by atoms with van der Waals surface area (Å²) in [5, 5.41) is 8.90. The fourth-order valence-corrected chi connectivity index (χ4v) is 5.98. The maximum absolute atomic E-state index is 12.7. The van der Waals surface area contributed by atoms with Crippen molar-refractivity contribution in [2.24, 2.45) is 0 Å². The lowest BCUT2D eigenvalue weighted by Crippen LogP contribution is -2.40. The molecule has 4 rings (SSSR count). The zero-order valence-electron chi connectivity index (χ0n) is 17.5. The number of ether oxygens (including phenoxy) is 1. The molecule has 0 unspecified atom stereocenters. The van der Waals surface area contributed by atoms with E-state index in [9.17, 15) is 18.0 Å². The Morgan fingerprint density at radius 2 is 1.82 bits per heavy atom. The summed E-state index contributed by atoms with van der Waals surface area (Å²) >= 11 is 1.10. The average molecular weight is 491 g/mol. The van der Waals surface area contributed by atoms with Crippen LogP contribution in [0.25, 0.3) is 11.3 Å². The Balaban J connectivity index is 1.25. The molecule has 2 amide bonds. The number of carbonyl (C=O) groups is 2. The van der Waals surface area contributed by atoms with Crippen molar-refractivity contribution in [3.8, 4) is 11.3 Å². The molecule has 1 saturated heterocycles. The van der Waals surface area contributed by atoms with Crippen LogP contribution >= 0.6 is 11.3 Å². The van der Waals surface area contributed by atoms with E-state index < -0.39 is 21.8 Å². The van der Waals surface area contributed by atoms with E-state index in [2.05, 4.69) is 15.8 Å². The van der Waals surface area contributed by atoms with E-state index in [-0.39, 0.29) is 23.0 Å². The summed E-state index contributed by atoms with van der Waals surface area (Å²) in [7, 11) is -3.56. The van der Waals surface area contributed by atoms with Gasteiger partial charge in [0, 0.05) is 29.6 Å². The Bertz CT molecular complexity index is 1220. The standard InChI is InChI=1S/C21H22N4O6S2/c26-19(14-23-21(27)17-12-18(31-24-17)15-4-2-1-3-5-15)22-13-16-6-7-20(32-16)33(28,29)25-8-10-30-11-9-25/h1-7,12H,8-11,13-14H2,(H,22,26)(H,23,27). The summed E-state index contributed by atoms with van der Waals surface area (Å²) in [6.07, 6.45) is 0. The van der Waals surface area contributed by atoms with Gasteiger partial charge in [-0.15, -0.1) is 11.3 Å². The molecule has 0 spiro atoms. The van der Waals surface area contributed by atoms with Gasteiger partial charge < -0.3 is 19.9 Å². The van der Waals surface area contributed by atoms with Gasteiger partial charge in [-0.25, -0.2) is 8.42 Å². The normalized spacial score (nSPS) is 14.7. The number of sulfonamides is 1. The lowest BCUT2D eigenvalue weighted by molar-refractivity contribution is -0.120. The van der Waals surface area contributed by atoms with Gasteiger partial charge in [0.25, 0.3) is 15.9 Å². The zero-order chi connectivity index (χ0) is 23.3. The highest BCUT2D eigenvalue weighted by Gasteiger charge is 2.27. The minimum atomic E-state index is -3.56. The number of amides is 2. The first-order chi connectivity index (χ1) is 15.9. The summed E-state index contributed by atoms with van der Waals surface area (Å²) in [5.41, 5.74) is 0.852. The molecule has 1 aromatic carbocycles. The molecule has 174 valence electrons. The Labute approximate surface area is 194 Å². The van der Waals surface area contributed by atoms with E-state index in [1.54, 1.807) is 6.07 Å². The molecule has 1 aliphatic heterocycles. The Morgan fingerprint density at radius 1 is 1.06 bits per heavy atom. The maximum Gasteiger partial charge on any atom is 0.273 e. The van der Waals surface area contributed by atoms with E-state index in [0.717, 1.165) is 16.9 Å². The van der Waals surface area contributed by atoms with Crippen molar-refractivity contribution in [1.82, 2.24) is 20.1 Å². The third-order valence-electron chi connectivity index (χ3n) is 4.87. The molecule has 1 fully saturated rings. The topological polar surface area (TPSA) is 131 Å². The summed E-state index contributed by atoms with van der Waals surface area (Å²) in [6, 6.07) is 13.9. The minimum Gasteiger partial charge on any atom is -0.379 e. The van der Waals surface area contributed by atoms with Crippen LogP contribution in [-0.2, 0) is 26.1 Å². The number of hydrogen-bond acceptors (Lipinski definition) is 8. The highest BCUT2D eigenvalue weighted by Crippen LogP contribution is 2.25. The second-order valence-corrected chi connectivity index (χ2v) is 10.5. The predicted octanol–water partition coefficient (Wildman–Crippen LogP) is 1.47. The van der Waals surface area contributed by atoms with Crippen LogP contribution in [0.15, 0.2) is 57.3 Å². The second-order valence-electron chi connectivity index (χ2n) is 7.14. The van der Waals surface area contributed by atoms with E-state index in [4.69, 9.17) is 9.26 Å². The summed E-state index contributed by atoms with van der Waals surface area (Å²) in [5.74, 6) is -0.502. The maximum atomic E-state index is 12.7. The summed E-state index contributed by atoms with van der Waals surface area (Å²) < 4.78 is 37.4. The molecule has 0 bridgehead atoms. The van der Waals surface area contributed by atoms with E-state index in [0.29, 0.717) is 36.9 Å². The number of hydrogen-bond donors (Lipinski definition) is 2. The van der Waals surface area contributed by atoms with E-state index in [1.807, 2.05) is 30.3 Å². The third-order valence-corrected chi connectivity index (χ3v) is 8.32. The zero-order valence-corrected chi connectivity index (χ0v) is 19.2. The molecule has 2 N–H and O–H groups in total. The predicted molar refractivity (Wildman–Crippen MR) is 120 cm³/mol. The first kappa shape index (κ1) is 23.1. The van der Waals surface area contributed by atoms with Gasteiger partial charge >= 0.3 is 0 Å². The molecule has 0 saturated carbocycles. The number of morpholine rings is 1. The molecular formula is C21H22N4O6S2. The smallest absolute Gasteiger partial charge is 0.273 e. The van der Waals surface area contributed by atoms with Crippen LogP contribution in [0.4, 0.5) is 0 Å². The molecule has 10 nitrogen and oxygen atoms in total. The SMILES string of the molecule is O=C(CNC(=O)c1cc(-c2ccccc2)on1)NCc1ccc(S(=O)(=O)N2CCOCC2)s1. The van der Waals surface area contributed by atoms with E-state index in [1.165, 1.54) is 16.4 Å². The van der Waals surface area contributed by atoms with Crippen molar-refractivity contribution in [2.75, 3.05) is 32.8 Å². The number of nitrogens with one attached hydrogen (secondary N) is 2. The molecule has 0 radical (unpaired) electrons. The first-order valence-corrected chi connectivity index (χ1v) is 12.4. The largest absolute Gasteiger partial charge is 0.379 e. The number of rotatable bonds is 8. The molecule has 3 heterocycles. The molecule has 0 aliphatic carbocycles. The van der Waals surface area contributed by atoms with Crippen LogP contribution in [0, 0.1) is 0 Å². The molecule has 0 atom stereocenters. The number of nitrogens with zero attached hydrogens (tertiary/aromatic N) is 2. The highest BCUT2D eigenvalue weighted by molar-refractivity contribution is 7.91. The van der Waals surface area contributed by atoms with Crippen LogP contribution in [0.1, 0.15) is 15.4 Å². The molecular weight excluding hydrogens is 468 g/mol. The van der Waals surface area contributed by atoms with Gasteiger partial charge in [-0.3, -0.25) is 9.59 Å². The van der Waals surface area contributed by atoms with Gasteiger partial charge in [-0.1, -0.05) is 35.5 Å². The van der Waals surface area contributed by atoms with Crippen molar-refractivity contribution in [3.05, 3.63) is 59.1 Å². The van der Waals surface area contributed by atoms with Crippen LogP contribution in [0.2, 0.25) is 0 Å². The highest BCUT2D eigenvalue weighted by atomic mass is 32.2. The molecule has 3 aromatic rings. The van der Waals surface area contributed by atoms with Crippen molar-refractivity contribution < 1.29 is 27.3 Å². The Morgan fingerprint density at radius 3 is 2.58 bits per heavy atom. The molecule has 1 aliphatic rings. The Hall–Kier alpha value is -3.06. The molecule has 2 aromatic heterocycles. The van der Waals surface area contributed by atoms with Gasteiger partial charge in [0.05, 0.1) is 26.3 Å². The Kier molecular flexibility index (Phi) is 7.18. The molecule has 12 heteroatoms. The van der Waals surface area contributed by atoms with Crippen LogP contribution < -0.4 is 10.6 Å². The lowest BCUT2D eigenvalue weighted by atomic mass is 10.1. The van der Waals surface area contributed by atoms with Crippen LogP contribution in [0.3, 0.4) is 0 Å². The average Bonchev–Trinajstić information content (AvgIpc) is 3.53. The van der Waals surface area contributed by atoms with Gasteiger partial charge in [0.1, 0.15) is 4.21 Å². The van der Waals surface area contributed by atoms with Crippen molar-refractivity contribution >= 4 is 33.2 Å². The lowest BCUT2D eigenvalue weighted by Gasteiger charge is -2.25. The second kappa shape index (κ2) is 10.3. The van der Waals surface area contributed by atoms with Gasteiger partial charge in [-0.2, -0.15) is 4.31 Å². The van der Waals surface area contributed by atoms with Crippen LogP contribution in [0.5, 0.6) is 0 Å².